The first-order valence-corrected chi connectivity index (χ1v) is 7.36. The Hall–Kier alpha value is -1.39. The summed E-state index contributed by atoms with van der Waals surface area (Å²) in [5, 5.41) is 3.20. The molecule has 19 heavy (non-hydrogen) atoms. The van der Waals surface area contributed by atoms with Crippen molar-refractivity contribution in [2.75, 3.05) is 7.11 Å². The van der Waals surface area contributed by atoms with E-state index in [0.717, 1.165) is 35.7 Å². The zero-order valence-corrected chi connectivity index (χ0v) is 12.1. The van der Waals surface area contributed by atoms with Gasteiger partial charge in [-0.25, -0.2) is 4.98 Å². The van der Waals surface area contributed by atoms with Gasteiger partial charge >= 0.3 is 0 Å². The van der Waals surface area contributed by atoms with Gasteiger partial charge in [0.1, 0.15) is 5.75 Å². The minimum absolute atomic E-state index is 0.297. The van der Waals surface area contributed by atoms with Crippen LogP contribution in [0.4, 0.5) is 0 Å². The van der Waals surface area contributed by atoms with Gasteiger partial charge in [-0.1, -0.05) is 6.07 Å². The minimum Gasteiger partial charge on any atom is -0.497 e. The molecule has 2 N–H and O–H groups in total. The molecule has 1 atom stereocenters. The van der Waals surface area contributed by atoms with Crippen LogP contribution >= 0.6 is 11.3 Å². The Kier molecular flexibility index (Phi) is 3.07. The van der Waals surface area contributed by atoms with Gasteiger partial charge in [0.05, 0.1) is 12.1 Å². The van der Waals surface area contributed by atoms with Crippen molar-refractivity contribution in [2.45, 2.75) is 31.7 Å². The number of aromatic nitrogens is 1. The zero-order valence-electron chi connectivity index (χ0n) is 11.3. The third kappa shape index (κ3) is 2.26. The number of nitrogens with two attached hydrogens (primary N) is 1. The van der Waals surface area contributed by atoms with Crippen molar-refractivity contribution in [3.63, 3.8) is 0 Å². The molecule has 100 valence electrons. The van der Waals surface area contributed by atoms with Crippen LogP contribution in [0.15, 0.2) is 23.6 Å². The number of hydrogen-bond acceptors (Lipinski definition) is 4. The predicted octanol–water partition coefficient (Wildman–Crippen LogP) is 2.80. The van der Waals surface area contributed by atoms with Gasteiger partial charge in [-0.3, -0.25) is 0 Å². The largest absolute Gasteiger partial charge is 0.497 e. The zero-order chi connectivity index (χ0) is 13.5. The first-order valence-electron chi connectivity index (χ1n) is 6.48. The third-order valence-electron chi connectivity index (χ3n) is 3.83. The highest BCUT2D eigenvalue weighted by atomic mass is 32.1. The van der Waals surface area contributed by atoms with E-state index in [9.17, 15) is 0 Å². The van der Waals surface area contributed by atoms with E-state index in [1.165, 1.54) is 11.1 Å². The molecule has 1 heterocycles. The maximum Gasteiger partial charge on any atom is 0.119 e. The fourth-order valence-corrected chi connectivity index (χ4v) is 3.69. The molecule has 0 bridgehead atoms. The molecule has 1 aliphatic carbocycles. The summed E-state index contributed by atoms with van der Waals surface area (Å²) < 4.78 is 5.32. The van der Waals surface area contributed by atoms with E-state index < -0.39 is 0 Å². The van der Waals surface area contributed by atoms with Crippen LogP contribution < -0.4 is 10.5 Å². The molecule has 1 aromatic heterocycles. The van der Waals surface area contributed by atoms with Crippen LogP contribution in [0.3, 0.4) is 0 Å². The van der Waals surface area contributed by atoms with Crippen LogP contribution in [0, 0.1) is 6.92 Å². The summed E-state index contributed by atoms with van der Waals surface area (Å²) in [6, 6.07) is 6.23. The van der Waals surface area contributed by atoms with Gasteiger partial charge in [0.15, 0.2) is 0 Å². The average molecular weight is 274 g/mol. The number of thiazole rings is 1. The molecule has 3 nitrogen and oxygen atoms in total. The summed E-state index contributed by atoms with van der Waals surface area (Å²) in [4.78, 5) is 4.54. The Balaban J connectivity index is 1.94. The molecule has 0 amide bonds. The van der Waals surface area contributed by atoms with Gasteiger partial charge in [0.2, 0.25) is 0 Å². The fourth-order valence-electron chi connectivity index (χ4n) is 2.79. The molecule has 4 heteroatoms. The summed E-state index contributed by atoms with van der Waals surface area (Å²) in [5.41, 5.74) is 9.99. The Bertz CT molecular complexity index is 608. The summed E-state index contributed by atoms with van der Waals surface area (Å²) in [7, 11) is 1.69. The van der Waals surface area contributed by atoms with Crippen molar-refractivity contribution in [3.05, 3.63) is 45.4 Å². The Morgan fingerprint density at radius 2 is 2.32 bits per heavy atom. The van der Waals surface area contributed by atoms with Crippen molar-refractivity contribution in [1.29, 1.82) is 0 Å². The van der Waals surface area contributed by atoms with E-state index in [0.29, 0.717) is 0 Å². The van der Waals surface area contributed by atoms with Crippen molar-refractivity contribution < 1.29 is 4.74 Å². The second-order valence-corrected chi connectivity index (χ2v) is 6.18. The second kappa shape index (κ2) is 4.62. The molecule has 0 saturated heterocycles. The molecule has 3 rings (SSSR count). The number of hydrogen-bond donors (Lipinski definition) is 1. The van der Waals surface area contributed by atoms with Crippen LogP contribution in [0.5, 0.6) is 5.75 Å². The average Bonchev–Trinajstić information content (AvgIpc) is 2.94. The van der Waals surface area contributed by atoms with E-state index in [2.05, 4.69) is 22.5 Å². The lowest BCUT2D eigenvalue weighted by atomic mass is 9.89. The van der Waals surface area contributed by atoms with Gasteiger partial charge in [0.25, 0.3) is 0 Å². The molecule has 1 aliphatic rings. The van der Waals surface area contributed by atoms with Crippen LogP contribution in [-0.2, 0) is 18.4 Å². The van der Waals surface area contributed by atoms with Gasteiger partial charge in [-0.15, -0.1) is 11.3 Å². The monoisotopic (exact) mass is 274 g/mol. The second-order valence-electron chi connectivity index (χ2n) is 5.24. The lowest BCUT2D eigenvalue weighted by molar-refractivity contribution is 0.407. The Labute approximate surface area is 117 Å². The van der Waals surface area contributed by atoms with Gasteiger partial charge in [-0.2, -0.15) is 0 Å². The summed E-state index contributed by atoms with van der Waals surface area (Å²) >= 11 is 1.70. The molecule has 0 radical (unpaired) electrons. The van der Waals surface area contributed by atoms with Gasteiger partial charge in [0, 0.05) is 23.0 Å². The van der Waals surface area contributed by atoms with Crippen LogP contribution in [0.1, 0.15) is 28.2 Å². The van der Waals surface area contributed by atoms with Gasteiger partial charge < -0.3 is 10.5 Å². The normalized spacial score (nSPS) is 21.4. The molecule has 0 spiro atoms. The number of nitrogens with zero attached hydrogens (tertiary/aromatic N) is 1. The number of methoxy groups -OCH3 is 1. The first-order chi connectivity index (χ1) is 9.10. The lowest BCUT2D eigenvalue weighted by Crippen LogP contribution is -2.36. The highest BCUT2D eigenvalue weighted by Gasteiger charge is 2.36. The molecule has 0 saturated carbocycles. The lowest BCUT2D eigenvalue weighted by Gasteiger charge is -2.24. The van der Waals surface area contributed by atoms with Crippen LogP contribution in [0.2, 0.25) is 0 Å². The topological polar surface area (TPSA) is 48.1 Å². The maximum absolute atomic E-state index is 6.65. The Morgan fingerprint density at radius 3 is 3.00 bits per heavy atom. The molecule has 2 aromatic rings. The predicted molar refractivity (Wildman–Crippen MR) is 77.7 cm³/mol. The van der Waals surface area contributed by atoms with Crippen molar-refractivity contribution in [3.8, 4) is 5.75 Å². The van der Waals surface area contributed by atoms with Crippen LogP contribution in [0.25, 0.3) is 0 Å². The van der Waals surface area contributed by atoms with E-state index >= 15 is 0 Å². The number of rotatable bonds is 3. The molecular formula is C15H18N2OS. The SMILES string of the molecule is COc1ccc2c(c1)C(N)(Cc1nc(C)cs1)CC2. The van der Waals surface area contributed by atoms with Gasteiger partial charge in [-0.05, 0) is 43.0 Å². The number of benzene rings is 1. The number of fused-ring (bicyclic) bond motifs is 1. The molecule has 1 unspecified atom stereocenters. The first kappa shape index (κ1) is 12.6. The number of aryl methyl sites for hydroxylation is 2. The van der Waals surface area contributed by atoms with Crippen LogP contribution in [-0.4, -0.2) is 12.1 Å². The van der Waals surface area contributed by atoms with E-state index in [4.69, 9.17) is 10.5 Å². The standard InChI is InChI=1S/C15H18N2OS/c1-10-9-19-14(17-10)8-15(16)6-5-11-3-4-12(18-2)7-13(11)15/h3-4,7,9H,5-6,8,16H2,1-2H3. The Morgan fingerprint density at radius 1 is 1.47 bits per heavy atom. The quantitative estimate of drug-likeness (QED) is 0.936. The van der Waals surface area contributed by atoms with E-state index in [1.807, 2.05) is 13.0 Å². The number of ether oxygens (including phenoxy) is 1. The minimum atomic E-state index is -0.297. The van der Waals surface area contributed by atoms with Crippen molar-refractivity contribution in [2.24, 2.45) is 5.73 Å². The summed E-state index contributed by atoms with van der Waals surface area (Å²) in [5.74, 6) is 0.880. The maximum atomic E-state index is 6.65. The van der Waals surface area contributed by atoms with Crippen molar-refractivity contribution in [1.82, 2.24) is 4.98 Å². The summed E-state index contributed by atoms with van der Waals surface area (Å²) in [6.07, 6.45) is 2.83. The fraction of sp³-hybridized carbons (Fsp3) is 0.400. The summed E-state index contributed by atoms with van der Waals surface area (Å²) in [6.45, 7) is 2.02. The highest BCUT2D eigenvalue weighted by molar-refractivity contribution is 7.09. The molecule has 1 aromatic carbocycles. The smallest absolute Gasteiger partial charge is 0.119 e. The van der Waals surface area contributed by atoms with Crippen molar-refractivity contribution >= 4 is 11.3 Å². The third-order valence-corrected chi connectivity index (χ3v) is 4.79. The molecule has 0 aliphatic heterocycles. The molecular weight excluding hydrogens is 256 g/mol. The molecule has 0 fully saturated rings. The van der Waals surface area contributed by atoms with E-state index in [-0.39, 0.29) is 5.54 Å². The highest BCUT2D eigenvalue weighted by Crippen LogP contribution is 2.39. The van der Waals surface area contributed by atoms with E-state index in [1.54, 1.807) is 18.4 Å².